The van der Waals surface area contributed by atoms with Crippen LogP contribution in [0.2, 0.25) is 0 Å². The van der Waals surface area contributed by atoms with Crippen molar-refractivity contribution in [2.24, 2.45) is 0 Å². The number of halogens is 1. The lowest BCUT2D eigenvalue weighted by atomic mass is 10.2. The van der Waals surface area contributed by atoms with E-state index in [0.717, 1.165) is 5.69 Å². The van der Waals surface area contributed by atoms with E-state index in [2.05, 4.69) is 15.6 Å². The number of amides is 1. The van der Waals surface area contributed by atoms with Gasteiger partial charge >= 0.3 is 0 Å². The summed E-state index contributed by atoms with van der Waals surface area (Å²) in [7, 11) is 0. The van der Waals surface area contributed by atoms with E-state index < -0.39 is 0 Å². The molecule has 2 N–H and O–H groups in total. The van der Waals surface area contributed by atoms with Gasteiger partial charge in [0.15, 0.2) is 16.6 Å². The summed E-state index contributed by atoms with van der Waals surface area (Å²) in [4.78, 5) is 16.6. The van der Waals surface area contributed by atoms with Gasteiger partial charge in [-0.05, 0) is 36.4 Å². The average Bonchev–Trinajstić information content (AvgIpc) is 3.25. The predicted molar refractivity (Wildman–Crippen MR) is 96.7 cm³/mol. The van der Waals surface area contributed by atoms with Gasteiger partial charge in [-0.15, -0.1) is 11.3 Å². The number of anilines is 3. The van der Waals surface area contributed by atoms with E-state index in [4.69, 9.17) is 9.47 Å². The summed E-state index contributed by atoms with van der Waals surface area (Å²) in [5.41, 5.74) is 2.02. The molecule has 26 heavy (non-hydrogen) atoms. The number of hydrogen-bond donors (Lipinski definition) is 2. The highest BCUT2D eigenvalue weighted by Crippen LogP contribution is 2.34. The van der Waals surface area contributed by atoms with Crippen LogP contribution in [0.25, 0.3) is 0 Å². The summed E-state index contributed by atoms with van der Waals surface area (Å²) in [6.45, 7) is 0.190. The fourth-order valence-corrected chi connectivity index (χ4v) is 3.18. The van der Waals surface area contributed by atoms with Gasteiger partial charge in [0, 0.05) is 22.8 Å². The summed E-state index contributed by atoms with van der Waals surface area (Å²) < 4.78 is 23.5. The zero-order chi connectivity index (χ0) is 17.9. The average molecular weight is 371 g/mol. The third-order valence-corrected chi connectivity index (χ3v) is 4.45. The SMILES string of the molecule is O=C(Cc1csc(Nc2ccc(F)cc2)n1)Nc1ccc2c(c1)OCO2. The number of nitrogens with one attached hydrogen (secondary N) is 2. The molecule has 0 radical (unpaired) electrons. The van der Waals surface area contributed by atoms with E-state index in [1.54, 1.807) is 30.3 Å². The van der Waals surface area contributed by atoms with Crippen LogP contribution in [0.5, 0.6) is 11.5 Å². The molecule has 8 heteroatoms. The van der Waals surface area contributed by atoms with Crippen molar-refractivity contribution in [1.82, 2.24) is 4.98 Å². The van der Waals surface area contributed by atoms with Gasteiger partial charge in [0.05, 0.1) is 12.1 Å². The molecule has 2 aromatic carbocycles. The molecule has 0 spiro atoms. The van der Waals surface area contributed by atoms with Gasteiger partial charge in [-0.1, -0.05) is 0 Å². The minimum Gasteiger partial charge on any atom is -0.454 e. The highest BCUT2D eigenvalue weighted by atomic mass is 32.1. The number of carbonyl (C=O) groups excluding carboxylic acids is 1. The van der Waals surface area contributed by atoms with E-state index in [1.165, 1.54) is 23.5 Å². The van der Waals surface area contributed by atoms with Crippen molar-refractivity contribution in [3.05, 3.63) is 59.4 Å². The van der Waals surface area contributed by atoms with E-state index >= 15 is 0 Å². The number of carbonyl (C=O) groups is 1. The summed E-state index contributed by atoms with van der Waals surface area (Å²) >= 11 is 1.38. The van der Waals surface area contributed by atoms with Crippen molar-refractivity contribution in [2.45, 2.75) is 6.42 Å². The van der Waals surface area contributed by atoms with Crippen molar-refractivity contribution < 1.29 is 18.7 Å². The van der Waals surface area contributed by atoms with E-state index in [0.29, 0.717) is 28.0 Å². The van der Waals surface area contributed by atoms with Crippen LogP contribution in [0, 0.1) is 5.82 Å². The number of thiazole rings is 1. The Hall–Kier alpha value is -3.13. The van der Waals surface area contributed by atoms with Crippen LogP contribution in [0.1, 0.15) is 5.69 Å². The second-order valence-electron chi connectivity index (χ2n) is 5.57. The number of aromatic nitrogens is 1. The normalized spacial score (nSPS) is 12.0. The monoisotopic (exact) mass is 371 g/mol. The van der Waals surface area contributed by atoms with Gasteiger partial charge in [-0.3, -0.25) is 4.79 Å². The van der Waals surface area contributed by atoms with Gasteiger partial charge in [0.25, 0.3) is 0 Å². The van der Waals surface area contributed by atoms with Crippen LogP contribution >= 0.6 is 11.3 Å². The maximum atomic E-state index is 12.9. The molecule has 1 aliphatic heterocycles. The fourth-order valence-electron chi connectivity index (χ4n) is 2.45. The molecule has 0 fully saturated rings. The number of fused-ring (bicyclic) bond motifs is 1. The van der Waals surface area contributed by atoms with Crippen molar-refractivity contribution in [3.8, 4) is 11.5 Å². The lowest BCUT2D eigenvalue weighted by Crippen LogP contribution is -2.14. The summed E-state index contributed by atoms with van der Waals surface area (Å²) in [6.07, 6.45) is 0.149. The highest BCUT2D eigenvalue weighted by molar-refractivity contribution is 7.13. The smallest absolute Gasteiger partial charge is 0.231 e. The number of rotatable bonds is 5. The first kappa shape index (κ1) is 16.3. The maximum absolute atomic E-state index is 12.9. The molecule has 0 saturated heterocycles. The minimum absolute atomic E-state index is 0.149. The van der Waals surface area contributed by atoms with Crippen LogP contribution < -0.4 is 20.1 Å². The Morgan fingerprint density at radius 3 is 2.73 bits per heavy atom. The van der Waals surface area contributed by atoms with Crippen LogP contribution in [-0.4, -0.2) is 17.7 Å². The number of hydrogen-bond acceptors (Lipinski definition) is 6. The summed E-state index contributed by atoms with van der Waals surface area (Å²) in [5, 5.41) is 8.35. The molecular weight excluding hydrogens is 357 g/mol. The van der Waals surface area contributed by atoms with E-state index in [1.807, 2.05) is 5.38 Å². The Balaban J connectivity index is 1.36. The molecule has 0 bridgehead atoms. The summed E-state index contributed by atoms with van der Waals surface area (Å²) in [5.74, 6) is 0.805. The quantitative estimate of drug-likeness (QED) is 0.711. The first-order valence-electron chi connectivity index (χ1n) is 7.82. The largest absolute Gasteiger partial charge is 0.454 e. The predicted octanol–water partition coefficient (Wildman–Crippen LogP) is 3.94. The summed E-state index contributed by atoms with van der Waals surface area (Å²) in [6, 6.07) is 11.2. The van der Waals surface area contributed by atoms with Gasteiger partial charge < -0.3 is 20.1 Å². The molecule has 2 heterocycles. The first-order chi connectivity index (χ1) is 12.7. The standard InChI is InChI=1S/C18H14FN3O3S/c19-11-1-3-12(4-2-11)21-18-22-14(9-26-18)8-17(23)20-13-5-6-15-16(7-13)25-10-24-15/h1-7,9H,8,10H2,(H,20,23)(H,21,22). The topological polar surface area (TPSA) is 72.5 Å². The number of ether oxygens (including phenoxy) is 2. The first-order valence-corrected chi connectivity index (χ1v) is 8.70. The lowest BCUT2D eigenvalue weighted by Gasteiger charge is -2.05. The second-order valence-corrected chi connectivity index (χ2v) is 6.43. The van der Waals surface area contributed by atoms with E-state index in [-0.39, 0.29) is 24.9 Å². The Labute approximate surface area is 152 Å². The van der Waals surface area contributed by atoms with Crippen LogP contribution in [0.15, 0.2) is 47.8 Å². The molecule has 0 unspecified atom stereocenters. The Morgan fingerprint density at radius 1 is 1.12 bits per heavy atom. The van der Waals surface area contributed by atoms with Gasteiger partial charge in [-0.25, -0.2) is 9.37 Å². The highest BCUT2D eigenvalue weighted by Gasteiger charge is 2.15. The molecule has 0 saturated carbocycles. The zero-order valence-corrected chi connectivity index (χ0v) is 14.3. The minimum atomic E-state index is -0.296. The number of nitrogens with zero attached hydrogens (tertiary/aromatic N) is 1. The van der Waals surface area contributed by atoms with E-state index in [9.17, 15) is 9.18 Å². The maximum Gasteiger partial charge on any atom is 0.231 e. The van der Waals surface area contributed by atoms with Gasteiger partial charge in [-0.2, -0.15) is 0 Å². The van der Waals surface area contributed by atoms with Crippen LogP contribution in [0.4, 0.5) is 20.9 Å². The Kier molecular flexibility index (Phi) is 4.40. The molecule has 132 valence electrons. The lowest BCUT2D eigenvalue weighted by molar-refractivity contribution is -0.115. The van der Waals surface area contributed by atoms with Gasteiger partial charge in [0.2, 0.25) is 12.7 Å². The molecule has 1 aliphatic rings. The Bertz CT molecular complexity index is 943. The Morgan fingerprint density at radius 2 is 1.88 bits per heavy atom. The fraction of sp³-hybridized carbons (Fsp3) is 0.111. The molecular formula is C18H14FN3O3S. The van der Waals surface area contributed by atoms with Gasteiger partial charge in [0.1, 0.15) is 5.82 Å². The third-order valence-electron chi connectivity index (χ3n) is 3.65. The molecule has 3 aromatic rings. The van der Waals surface area contributed by atoms with Crippen LogP contribution in [0.3, 0.4) is 0 Å². The molecule has 4 rings (SSSR count). The van der Waals surface area contributed by atoms with Crippen molar-refractivity contribution >= 4 is 33.8 Å². The second kappa shape index (κ2) is 7.01. The van der Waals surface area contributed by atoms with Crippen molar-refractivity contribution in [3.63, 3.8) is 0 Å². The van der Waals surface area contributed by atoms with Crippen molar-refractivity contribution in [1.29, 1.82) is 0 Å². The molecule has 1 amide bonds. The van der Waals surface area contributed by atoms with Crippen LogP contribution in [-0.2, 0) is 11.2 Å². The number of benzene rings is 2. The third kappa shape index (κ3) is 3.75. The molecule has 0 atom stereocenters. The molecule has 6 nitrogen and oxygen atoms in total. The molecule has 0 aliphatic carbocycles. The van der Waals surface area contributed by atoms with Crippen molar-refractivity contribution in [2.75, 3.05) is 17.4 Å². The zero-order valence-electron chi connectivity index (χ0n) is 13.5. The molecule has 1 aromatic heterocycles.